The van der Waals surface area contributed by atoms with E-state index in [-0.39, 0.29) is 5.43 Å². The van der Waals surface area contributed by atoms with Gasteiger partial charge in [0.05, 0.1) is 16.8 Å². The molecule has 0 atom stereocenters. The predicted octanol–water partition coefficient (Wildman–Crippen LogP) is 9.58. The molecular weight excluding hydrogens is 518 g/mol. The van der Waals surface area contributed by atoms with E-state index in [0.717, 1.165) is 37.2 Å². The lowest BCUT2D eigenvalue weighted by atomic mass is 9.62. The average Bonchev–Trinajstić information content (AvgIpc) is 3.04. The number of anilines is 3. The molecule has 0 aliphatic carbocycles. The van der Waals surface area contributed by atoms with Crippen LogP contribution in [0, 0.1) is 0 Å². The molecule has 0 saturated carbocycles. The Kier molecular flexibility index (Phi) is 5.41. The smallest absolute Gasteiger partial charge is 0.195 e. The monoisotopic (exact) mass is 543 g/mol. The van der Waals surface area contributed by atoms with Crippen molar-refractivity contribution in [2.45, 2.75) is 5.41 Å². The highest BCUT2D eigenvalue weighted by atomic mass is 32.1. The van der Waals surface area contributed by atoms with Crippen LogP contribution in [0.2, 0.25) is 0 Å². The lowest BCUT2D eigenvalue weighted by molar-refractivity contribution is 0.731. The van der Waals surface area contributed by atoms with Crippen LogP contribution in [0.25, 0.3) is 20.2 Å². The van der Waals surface area contributed by atoms with Crippen molar-refractivity contribution in [3.8, 4) is 0 Å². The Morgan fingerprint density at radius 1 is 0.488 bits per heavy atom. The third kappa shape index (κ3) is 3.46. The Morgan fingerprint density at radius 2 is 1.00 bits per heavy atom. The van der Waals surface area contributed by atoms with Crippen LogP contribution in [0.4, 0.5) is 17.1 Å². The molecule has 0 spiro atoms. The van der Waals surface area contributed by atoms with Crippen molar-refractivity contribution in [1.29, 1.82) is 0 Å². The van der Waals surface area contributed by atoms with Gasteiger partial charge in [0.15, 0.2) is 5.43 Å². The van der Waals surface area contributed by atoms with Crippen molar-refractivity contribution in [3.63, 3.8) is 0 Å². The zero-order chi connectivity index (χ0) is 27.4. The van der Waals surface area contributed by atoms with E-state index in [9.17, 15) is 4.79 Å². The van der Waals surface area contributed by atoms with Gasteiger partial charge in [0.1, 0.15) is 0 Å². The number of hydrogen-bond donors (Lipinski definition) is 0. The van der Waals surface area contributed by atoms with E-state index in [1.54, 1.807) is 11.3 Å². The molecule has 1 aliphatic rings. The Morgan fingerprint density at radius 3 is 1.63 bits per heavy atom. The van der Waals surface area contributed by atoms with Gasteiger partial charge in [0.25, 0.3) is 0 Å². The second-order valence-corrected chi connectivity index (χ2v) is 11.5. The van der Waals surface area contributed by atoms with Gasteiger partial charge < -0.3 is 4.90 Å². The summed E-state index contributed by atoms with van der Waals surface area (Å²) in [5, 5.41) is 1.53. The van der Waals surface area contributed by atoms with E-state index < -0.39 is 5.41 Å². The molecule has 1 aliphatic heterocycles. The van der Waals surface area contributed by atoms with Crippen molar-refractivity contribution in [3.05, 3.63) is 184 Å². The van der Waals surface area contributed by atoms with Gasteiger partial charge in [-0.05, 0) is 64.7 Å². The molecule has 0 unspecified atom stereocenters. The van der Waals surface area contributed by atoms with E-state index in [0.29, 0.717) is 0 Å². The first-order valence-electron chi connectivity index (χ1n) is 13.8. The summed E-state index contributed by atoms with van der Waals surface area (Å²) < 4.78 is 2.01. The summed E-state index contributed by atoms with van der Waals surface area (Å²) >= 11 is 1.67. The zero-order valence-corrected chi connectivity index (χ0v) is 23.0. The van der Waals surface area contributed by atoms with Crippen molar-refractivity contribution < 1.29 is 0 Å². The fraction of sp³-hybridized carbons (Fsp3) is 0.0263. The van der Waals surface area contributed by atoms with Crippen LogP contribution in [-0.4, -0.2) is 0 Å². The molecule has 0 N–H and O–H groups in total. The number of fused-ring (bicyclic) bond motifs is 4. The van der Waals surface area contributed by atoms with Crippen LogP contribution >= 0.6 is 11.3 Å². The molecule has 2 heterocycles. The fourth-order valence-electron chi connectivity index (χ4n) is 6.62. The lowest BCUT2D eigenvalue weighted by Crippen LogP contribution is -2.37. The summed E-state index contributed by atoms with van der Waals surface area (Å²) in [7, 11) is 0. The Labute approximate surface area is 242 Å². The van der Waals surface area contributed by atoms with Gasteiger partial charge in [-0.1, -0.05) is 109 Å². The van der Waals surface area contributed by atoms with Gasteiger partial charge in [-0.15, -0.1) is 11.3 Å². The summed E-state index contributed by atoms with van der Waals surface area (Å²) in [6.45, 7) is 0. The molecule has 3 heteroatoms. The lowest BCUT2D eigenvalue weighted by Gasteiger charge is -2.46. The maximum absolute atomic E-state index is 13.7. The number of nitrogens with zero attached hydrogens (tertiary/aromatic N) is 1. The molecule has 6 aromatic carbocycles. The van der Waals surface area contributed by atoms with E-state index in [1.165, 1.54) is 22.3 Å². The highest BCUT2D eigenvalue weighted by Gasteiger charge is 2.46. The maximum Gasteiger partial charge on any atom is 0.195 e. The first-order valence-corrected chi connectivity index (χ1v) is 14.6. The molecule has 41 heavy (non-hydrogen) atoms. The predicted molar refractivity (Wildman–Crippen MR) is 172 cm³/mol. The third-order valence-electron chi connectivity index (χ3n) is 8.33. The third-order valence-corrected chi connectivity index (χ3v) is 9.48. The number of benzene rings is 6. The summed E-state index contributed by atoms with van der Waals surface area (Å²) in [5.74, 6) is 0. The van der Waals surface area contributed by atoms with Crippen LogP contribution in [-0.2, 0) is 5.41 Å². The number of rotatable bonds is 3. The maximum atomic E-state index is 13.7. The highest BCUT2D eigenvalue weighted by molar-refractivity contribution is 7.24. The van der Waals surface area contributed by atoms with Crippen molar-refractivity contribution in [2.75, 3.05) is 4.90 Å². The minimum absolute atomic E-state index is 0.0812. The molecule has 0 saturated heterocycles. The van der Waals surface area contributed by atoms with Crippen LogP contribution in [0.3, 0.4) is 0 Å². The second kappa shape index (κ2) is 9.29. The van der Waals surface area contributed by atoms with E-state index in [1.807, 2.05) is 24.3 Å². The average molecular weight is 544 g/mol. The summed E-state index contributed by atoms with van der Waals surface area (Å²) in [4.78, 5) is 16.0. The minimum Gasteiger partial charge on any atom is -0.310 e. The van der Waals surface area contributed by atoms with Crippen molar-refractivity contribution in [2.24, 2.45) is 0 Å². The van der Waals surface area contributed by atoms with E-state index in [2.05, 4.69) is 132 Å². The van der Waals surface area contributed by atoms with Crippen molar-refractivity contribution in [1.82, 2.24) is 0 Å². The highest BCUT2D eigenvalue weighted by Crippen LogP contribution is 2.57. The molecule has 0 radical (unpaired) electrons. The van der Waals surface area contributed by atoms with Gasteiger partial charge in [-0.25, -0.2) is 0 Å². The molecular formula is C38H25NOS. The van der Waals surface area contributed by atoms with Crippen LogP contribution < -0.4 is 10.3 Å². The molecule has 0 fully saturated rings. The fourth-order valence-corrected chi connectivity index (χ4v) is 7.67. The van der Waals surface area contributed by atoms with Crippen LogP contribution in [0.1, 0.15) is 22.3 Å². The largest absolute Gasteiger partial charge is 0.310 e. The summed E-state index contributed by atoms with van der Waals surface area (Å²) in [5.41, 5.74) is 7.62. The van der Waals surface area contributed by atoms with Gasteiger partial charge in [0, 0.05) is 25.9 Å². The Hall–Kier alpha value is -4.99. The van der Waals surface area contributed by atoms with Crippen LogP contribution in [0.5, 0.6) is 0 Å². The molecule has 8 rings (SSSR count). The quantitative estimate of drug-likeness (QED) is 0.207. The molecule has 0 bridgehead atoms. The second-order valence-electron chi connectivity index (χ2n) is 10.5. The molecule has 2 nitrogen and oxygen atoms in total. The first kappa shape index (κ1) is 23.9. The zero-order valence-electron chi connectivity index (χ0n) is 22.2. The molecule has 194 valence electrons. The van der Waals surface area contributed by atoms with E-state index in [4.69, 9.17) is 0 Å². The first-order chi connectivity index (χ1) is 20.3. The number of hydrogen-bond acceptors (Lipinski definition) is 3. The van der Waals surface area contributed by atoms with Gasteiger partial charge in [-0.2, -0.15) is 0 Å². The van der Waals surface area contributed by atoms with Gasteiger partial charge in [-0.3, -0.25) is 4.79 Å². The summed E-state index contributed by atoms with van der Waals surface area (Å²) in [6.07, 6.45) is 0. The van der Waals surface area contributed by atoms with Crippen molar-refractivity contribution >= 4 is 48.6 Å². The van der Waals surface area contributed by atoms with Gasteiger partial charge >= 0.3 is 0 Å². The normalized spacial score (nSPS) is 13.6. The van der Waals surface area contributed by atoms with Crippen LogP contribution in [0.15, 0.2) is 156 Å². The SMILES string of the molecule is O=c1c2ccccc2sc2ccc(N3c4ccccc4C(c4ccccc4)(c4ccccc4)c4ccccc43)cc12. The standard InChI is InChI=1S/C38H25NOS/c40-37-29-17-7-12-22-35(29)41-36-24-23-28(25-30(36)37)39-33-20-10-8-18-31(33)38(26-13-3-1-4-14-26,27-15-5-2-6-16-27)32-19-9-11-21-34(32)39/h1-25H. The molecule has 0 amide bonds. The Balaban J connectivity index is 1.46. The molecule has 7 aromatic rings. The Bertz CT molecular complexity index is 2040. The molecule has 1 aromatic heterocycles. The summed E-state index contributed by atoms with van der Waals surface area (Å²) in [6, 6.07) is 53.2. The number of para-hydroxylation sites is 2. The topological polar surface area (TPSA) is 20.3 Å². The van der Waals surface area contributed by atoms with Gasteiger partial charge in [0.2, 0.25) is 0 Å². The van der Waals surface area contributed by atoms with E-state index >= 15 is 0 Å². The minimum atomic E-state index is -0.509.